The van der Waals surface area contributed by atoms with Crippen LogP contribution in [0.5, 0.6) is 0 Å². The van der Waals surface area contributed by atoms with Gasteiger partial charge >= 0.3 is 0 Å². The molecule has 0 spiro atoms. The molecule has 0 radical (unpaired) electrons. The van der Waals surface area contributed by atoms with Gasteiger partial charge in [0.25, 0.3) is 10.0 Å². The fraction of sp³-hybridized carbons (Fsp3) is 0.143. The Hall–Kier alpha value is -3.21. The molecule has 0 aliphatic rings. The first-order chi connectivity index (χ1) is 13.5. The maximum Gasteiger partial charge on any atom is 0.265 e. The molecule has 0 aliphatic carbocycles. The number of nitrogens with zero attached hydrogens (tertiary/aromatic N) is 3. The Morgan fingerprint density at radius 1 is 1.00 bits per heavy atom. The molecule has 1 aromatic heterocycles. The molecule has 1 N–H and O–H groups in total. The SMILES string of the molecule is Cc1cccc(N(CCO)S(=O)(=O)c2ccc(-c3ccc(C#N)cc3)cc2)n1. The molecule has 0 saturated heterocycles. The van der Waals surface area contributed by atoms with E-state index in [2.05, 4.69) is 11.1 Å². The number of aromatic nitrogens is 1. The van der Waals surface area contributed by atoms with Crippen LogP contribution in [0, 0.1) is 18.3 Å². The Morgan fingerprint density at radius 2 is 1.61 bits per heavy atom. The minimum Gasteiger partial charge on any atom is -0.394 e. The number of sulfonamides is 1. The summed E-state index contributed by atoms with van der Waals surface area (Å²) in [4.78, 5) is 4.39. The number of benzene rings is 2. The predicted molar refractivity (Wildman–Crippen MR) is 107 cm³/mol. The van der Waals surface area contributed by atoms with Gasteiger partial charge in [-0.2, -0.15) is 5.26 Å². The van der Waals surface area contributed by atoms with E-state index >= 15 is 0 Å². The molecule has 28 heavy (non-hydrogen) atoms. The lowest BCUT2D eigenvalue weighted by atomic mass is 10.0. The molecule has 7 heteroatoms. The molecule has 0 fully saturated rings. The number of hydrogen-bond acceptors (Lipinski definition) is 5. The van der Waals surface area contributed by atoms with Gasteiger partial charge in [-0.05, 0) is 54.4 Å². The third kappa shape index (κ3) is 4.03. The number of aliphatic hydroxyl groups excluding tert-OH is 1. The molecule has 1 heterocycles. The molecule has 3 rings (SSSR count). The summed E-state index contributed by atoms with van der Waals surface area (Å²) in [6, 6.07) is 20.7. The van der Waals surface area contributed by atoms with Crippen LogP contribution in [0.2, 0.25) is 0 Å². The first-order valence-corrected chi connectivity index (χ1v) is 10.1. The van der Waals surface area contributed by atoms with Crippen LogP contribution < -0.4 is 4.31 Å². The fourth-order valence-corrected chi connectivity index (χ4v) is 4.20. The summed E-state index contributed by atoms with van der Waals surface area (Å²) in [7, 11) is -3.87. The Balaban J connectivity index is 1.94. The quantitative estimate of drug-likeness (QED) is 0.694. The van der Waals surface area contributed by atoms with Crippen molar-refractivity contribution in [3.63, 3.8) is 0 Å². The molecular formula is C21H19N3O3S. The van der Waals surface area contributed by atoms with Crippen molar-refractivity contribution >= 4 is 15.8 Å². The molecule has 142 valence electrons. The van der Waals surface area contributed by atoms with Crippen molar-refractivity contribution in [2.75, 3.05) is 17.5 Å². The van der Waals surface area contributed by atoms with Crippen LogP contribution in [0.3, 0.4) is 0 Å². The van der Waals surface area contributed by atoms with Crippen LogP contribution in [0.15, 0.2) is 71.6 Å². The van der Waals surface area contributed by atoms with Crippen molar-refractivity contribution in [3.05, 3.63) is 78.0 Å². The van der Waals surface area contributed by atoms with Gasteiger partial charge in [-0.1, -0.05) is 30.3 Å². The van der Waals surface area contributed by atoms with E-state index in [1.165, 1.54) is 12.1 Å². The fourth-order valence-electron chi connectivity index (χ4n) is 2.80. The summed E-state index contributed by atoms with van der Waals surface area (Å²) in [6.45, 7) is 1.37. The van der Waals surface area contributed by atoms with E-state index in [-0.39, 0.29) is 23.9 Å². The Labute approximate surface area is 164 Å². The zero-order valence-corrected chi connectivity index (χ0v) is 16.1. The van der Waals surface area contributed by atoms with Crippen LogP contribution >= 0.6 is 0 Å². The predicted octanol–water partition coefficient (Wildman–Crippen LogP) is 3.12. The molecule has 0 atom stereocenters. The van der Waals surface area contributed by atoms with Crippen LogP contribution in [0.1, 0.15) is 11.3 Å². The first kappa shape index (κ1) is 19.5. The van der Waals surface area contributed by atoms with Crippen molar-refractivity contribution in [2.45, 2.75) is 11.8 Å². The number of nitriles is 1. The number of anilines is 1. The van der Waals surface area contributed by atoms with Gasteiger partial charge in [-0.25, -0.2) is 17.7 Å². The Kier molecular flexibility index (Phi) is 5.73. The molecule has 0 bridgehead atoms. The van der Waals surface area contributed by atoms with Crippen molar-refractivity contribution in [3.8, 4) is 17.2 Å². The maximum atomic E-state index is 13.1. The normalized spacial score (nSPS) is 11.0. The number of hydrogen-bond donors (Lipinski definition) is 1. The highest BCUT2D eigenvalue weighted by molar-refractivity contribution is 7.92. The lowest BCUT2D eigenvalue weighted by Crippen LogP contribution is -2.34. The van der Waals surface area contributed by atoms with E-state index in [1.54, 1.807) is 49.4 Å². The second-order valence-corrected chi connectivity index (χ2v) is 8.01. The molecule has 0 amide bonds. The first-order valence-electron chi connectivity index (χ1n) is 8.63. The summed E-state index contributed by atoms with van der Waals surface area (Å²) in [5, 5.41) is 18.2. The lowest BCUT2D eigenvalue weighted by molar-refractivity contribution is 0.306. The number of aliphatic hydroxyl groups is 1. The Bertz CT molecular complexity index is 1100. The highest BCUT2D eigenvalue weighted by Gasteiger charge is 2.25. The summed E-state index contributed by atoms with van der Waals surface area (Å²) >= 11 is 0. The van der Waals surface area contributed by atoms with E-state index in [0.717, 1.165) is 15.4 Å². The van der Waals surface area contributed by atoms with Crippen molar-refractivity contribution in [1.82, 2.24) is 4.98 Å². The van der Waals surface area contributed by atoms with Gasteiger partial charge in [0.15, 0.2) is 0 Å². The van der Waals surface area contributed by atoms with Crippen LogP contribution in [-0.4, -0.2) is 31.7 Å². The largest absolute Gasteiger partial charge is 0.394 e. The van der Waals surface area contributed by atoms with E-state index in [1.807, 2.05) is 12.1 Å². The number of pyridine rings is 1. The van der Waals surface area contributed by atoms with E-state index in [9.17, 15) is 13.5 Å². The average molecular weight is 393 g/mol. The summed E-state index contributed by atoms with van der Waals surface area (Å²) in [6.07, 6.45) is 0. The van der Waals surface area contributed by atoms with Gasteiger partial charge in [0.1, 0.15) is 5.82 Å². The standard InChI is InChI=1S/C21H19N3O3S/c1-16-3-2-4-21(23-16)24(13-14-25)28(26,27)20-11-9-19(10-12-20)18-7-5-17(15-22)6-8-18/h2-12,25H,13-14H2,1H3. The summed E-state index contributed by atoms with van der Waals surface area (Å²) < 4.78 is 27.3. The highest BCUT2D eigenvalue weighted by atomic mass is 32.2. The maximum absolute atomic E-state index is 13.1. The molecular weight excluding hydrogens is 374 g/mol. The van der Waals surface area contributed by atoms with Crippen molar-refractivity contribution in [2.24, 2.45) is 0 Å². The van der Waals surface area contributed by atoms with Crippen LogP contribution in [0.4, 0.5) is 5.82 Å². The van der Waals surface area contributed by atoms with E-state index in [0.29, 0.717) is 11.3 Å². The van der Waals surface area contributed by atoms with Crippen LogP contribution in [-0.2, 0) is 10.0 Å². The third-order valence-electron chi connectivity index (χ3n) is 4.22. The monoisotopic (exact) mass is 393 g/mol. The number of aryl methyl sites for hydroxylation is 1. The molecule has 0 aliphatic heterocycles. The summed E-state index contributed by atoms with van der Waals surface area (Å²) in [5.74, 6) is 0.269. The number of rotatable bonds is 6. The van der Waals surface area contributed by atoms with Gasteiger partial charge in [0.2, 0.25) is 0 Å². The van der Waals surface area contributed by atoms with Gasteiger partial charge in [-0.15, -0.1) is 0 Å². The highest BCUT2D eigenvalue weighted by Crippen LogP contribution is 2.25. The average Bonchev–Trinajstić information content (AvgIpc) is 2.72. The minimum absolute atomic E-state index is 0.0871. The lowest BCUT2D eigenvalue weighted by Gasteiger charge is -2.23. The van der Waals surface area contributed by atoms with Gasteiger partial charge < -0.3 is 5.11 Å². The summed E-state index contributed by atoms with van der Waals surface area (Å²) in [5.41, 5.74) is 2.97. The Morgan fingerprint density at radius 3 is 2.14 bits per heavy atom. The molecule has 2 aromatic carbocycles. The minimum atomic E-state index is -3.87. The van der Waals surface area contributed by atoms with Crippen molar-refractivity contribution < 1.29 is 13.5 Å². The van der Waals surface area contributed by atoms with E-state index in [4.69, 9.17) is 5.26 Å². The third-order valence-corrected chi connectivity index (χ3v) is 6.04. The van der Waals surface area contributed by atoms with Crippen molar-refractivity contribution in [1.29, 1.82) is 5.26 Å². The zero-order valence-electron chi connectivity index (χ0n) is 15.3. The molecule has 3 aromatic rings. The van der Waals surface area contributed by atoms with E-state index < -0.39 is 10.0 Å². The molecule has 6 nitrogen and oxygen atoms in total. The molecule has 0 unspecified atom stereocenters. The zero-order chi connectivity index (χ0) is 20.1. The van der Waals surface area contributed by atoms with Gasteiger partial charge in [0.05, 0.1) is 29.7 Å². The van der Waals surface area contributed by atoms with Gasteiger partial charge in [-0.3, -0.25) is 0 Å². The molecule has 0 saturated carbocycles. The van der Waals surface area contributed by atoms with Gasteiger partial charge in [0, 0.05) is 5.69 Å². The smallest absolute Gasteiger partial charge is 0.265 e. The second kappa shape index (κ2) is 8.21. The topological polar surface area (TPSA) is 94.3 Å². The van der Waals surface area contributed by atoms with Crippen LogP contribution in [0.25, 0.3) is 11.1 Å². The second-order valence-electron chi connectivity index (χ2n) is 6.15.